The molecule has 0 aromatic heterocycles. The predicted molar refractivity (Wildman–Crippen MR) is 39.4 cm³/mol. The van der Waals surface area contributed by atoms with Crippen LogP contribution in [-0.2, 0) is 4.74 Å². The van der Waals surface area contributed by atoms with Gasteiger partial charge in [-0.2, -0.15) is 0 Å². The van der Waals surface area contributed by atoms with E-state index in [1.54, 1.807) is 6.08 Å². The number of alkyl halides is 1. The van der Waals surface area contributed by atoms with Crippen molar-refractivity contribution in [1.82, 2.24) is 0 Å². The van der Waals surface area contributed by atoms with Crippen LogP contribution in [-0.4, -0.2) is 18.2 Å². The van der Waals surface area contributed by atoms with Crippen LogP contribution in [0, 0.1) is 0 Å². The number of hydrogen-bond donors (Lipinski definition) is 1. The first-order valence-corrected chi connectivity index (χ1v) is 3.26. The Morgan fingerprint density at radius 3 is 2.11 bits per heavy atom. The fraction of sp³-hybridized carbons (Fsp3) is 0.667. The van der Waals surface area contributed by atoms with Gasteiger partial charge in [-0.25, -0.2) is 0 Å². The third kappa shape index (κ3) is 5.83. The van der Waals surface area contributed by atoms with Gasteiger partial charge in [0.2, 0.25) is 0 Å². The number of ether oxygens (including phenoxy) is 1. The van der Waals surface area contributed by atoms with E-state index in [1.807, 2.05) is 6.92 Å². The lowest BCUT2D eigenvalue weighted by Gasteiger charge is -1.61. The van der Waals surface area contributed by atoms with Gasteiger partial charge >= 0.3 is 0 Å². The standard InChI is InChI=1S/C3H5ClO.C3H7N/c1-2-3(4)5-2;1-2-3-4/h2-3H,1H3;2H,1,3-4H2. The molecule has 0 saturated carbocycles. The summed E-state index contributed by atoms with van der Waals surface area (Å²) in [5.41, 5.74) is 4.93. The van der Waals surface area contributed by atoms with Gasteiger partial charge < -0.3 is 10.5 Å². The summed E-state index contributed by atoms with van der Waals surface area (Å²) in [6.07, 6.45) is 1.97. The summed E-state index contributed by atoms with van der Waals surface area (Å²) in [5, 5.41) is 0. The van der Waals surface area contributed by atoms with Crippen molar-refractivity contribution in [2.45, 2.75) is 18.6 Å². The highest BCUT2D eigenvalue weighted by atomic mass is 35.5. The molecule has 2 N–H and O–H groups in total. The molecule has 0 radical (unpaired) electrons. The van der Waals surface area contributed by atoms with E-state index in [0.29, 0.717) is 12.6 Å². The summed E-state index contributed by atoms with van der Waals surface area (Å²) < 4.78 is 4.68. The number of nitrogens with two attached hydrogens (primary N) is 1. The molecule has 54 valence electrons. The SMILES string of the molecule is C=CCN.CC1OC1Cl. The molecule has 0 aromatic carbocycles. The van der Waals surface area contributed by atoms with E-state index in [-0.39, 0.29) is 5.56 Å². The molecule has 2 nitrogen and oxygen atoms in total. The summed E-state index contributed by atoms with van der Waals surface area (Å²) in [5.74, 6) is 0. The zero-order chi connectivity index (χ0) is 7.28. The first-order chi connectivity index (χ1) is 4.22. The lowest BCUT2D eigenvalue weighted by Crippen LogP contribution is -1.90. The van der Waals surface area contributed by atoms with Crippen molar-refractivity contribution in [1.29, 1.82) is 0 Å². The van der Waals surface area contributed by atoms with Gasteiger partial charge in [0, 0.05) is 6.54 Å². The molecule has 0 bridgehead atoms. The Labute approximate surface area is 60.6 Å². The van der Waals surface area contributed by atoms with E-state index >= 15 is 0 Å². The predicted octanol–water partition coefficient (Wildman–Crippen LogP) is 1.10. The highest BCUT2D eigenvalue weighted by molar-refractivity contribution is 6.21. The molecule has 1 aliphatic heterocycles. The Bertz CT molecular complexity index is 81.1. The van der Waals surface area contributed by atoms with Crippen molar-refractivity contribution in [3.05, 3.63) is 12.7 Å². The molecule has 0 aromatic rings. The Kier molecular flexibility index (Phi) is 4.77. The lowest BCUT2D eigenvalue weighted by atomic mass is 10.6. The van der Waals surface area contributed by atoms with Crippen molar-refractivity contribution in [3.8, 4) is 0 Å². The fourth-order valence-electron chi connectivity index (χ4n) is 0.160. The number of halogens is 1. The van der Waals surface area contributed by atoms with Crippen molar-refractivity contribution in [2.24, 2.45) is 5.73 Å². The first-order valence-electron chi connectivity index (χ1n) is 2.83. The van der Waals surface area contributed by atoms with Crippen molar-refractivity contribution in [2.75, 3.05) is 6.54 Å². The van der Waals surface area contributed by atoms with E-state index in [0.717, 1.165) is 0 Å². The second-order valence-corrected chi connectivity index (χ2v) is 2.15. The summed E-state index contributed by atoms with van der Waals surface area (Å²) >= 11 is 5.31. The van der Waals surface area contributed by atoms with Crippen LogP contribution in [0.3, 0.4) is 0 Å². The summed E-state index contributed by atoms with van der Waals surface area (Å²) in [6.45, 7) is 5.88. The second kappa shape index (κ2) is 4.79. The van der Waals surface area contributed by atoms with Crippen molar-refractivity contribution < 1.29 is 4.74 Å². The molecule has 0 spiro atoms. The quantitative estimate of drug-likeness (QED) is 0.345. The normalized spacial score (nSPS) is 30.1. The Morgan fingerprint density at radius 1 is 1.89 bits per heavy atom. The molecule has 1 heterocycles. The van der Waals surface area contributed by atoms with Crippen LogP contribution in [0.25, 0.3) is 0 Å². The molecule has 9 heavy (non-hydrogen) atoms. The summed E-state index contributed by atoms with van der Waals surface area (Å²) in [4.78, 5) is 0. The van der Waals surface area contributed by atoms with Crippen molar-refractivity contribution >= 4 is 11.6 Å². The molecule has 1 saturated heterocycles. The summed E-state index contributed by atoms with van der Waals surface area (Å²) in [6, 6.07) is 0. The molecular weight excluding hydrogens is 138 g/mol. The third-order valence-electron chi connectivity index (χ3n) is 0.804. The van der Waals surface area contributed by atoms with Gasteiger partial charge in [0.05, 0.1) is 6.10 Å². The van der Waals surface area contributed by atoms with Crippen LogP contribution in [0.1, 0.15) is 6.92 Å². The largest absolute Gasteiger partial charge is 0.353 e. The third-order valence-corrected chi connectivity index (χ3v) is 1.26. The van der Waals surface area contributed by atoms with Gasteiger partial charge in [0.25, 0.3) is 0 Å². The smallest absolute Gasteiger partial charge is 0.157 e. The van der Waals surface area contributed by atoms with Gasteiger partial charge in [-0.3, -0.25) is 0 Å². The van der Waals surface area contributed by atoms with Gasteiger partial charge in [-0.05, 0) is 6.92 Å². The number of epoxide rings is 1. The van der Waals surface area contributed by atoms with Gasteiger partial charge in [0.1, 0.15) is 0 Å². The lowest BCUT2D eigenvalue weighted by molar-refractivity contribution is 0.411. The fourth-order valence-corrected chi connectivity index (χ4v) is 0.322. The van der Waals surface area contributed by atoms with Gasteiger partial charge in [0.15, 0.2) is 5.56 Å². The van der Waals surface area contributed by atoms with E-state index in [9.17, 15) is 0 Å². The zero-order valence-corrected chi connectivity index (χ0v) is 6.27. The van der Waals surface area contributed by atoms with Crippen LogP contribution >= 0.6 is 11.6 Å². The van der Waals surface area contributed by atoms with E-state index < -0.39 is 0 Å². The maximum Gasteiger partial charge on any atom is 0.157 e. The van der Waals surface area contributed by atoms with E-state index in [4.69, 9.17) is 17.3 Å². The van der Waals surface area contributed by atoms with Gasteiger partial charge in [-0.1, -0.05) is 17.7 Å². The Balaban J connectivity index is 0.000000148. The summed E-state index contributed by atoms with van der Waals surface area (Å²) in [7, 11) is 0. The monoisotopic (exact) mass is 149 g/mol. The van der Waals surface area contributed by atoms with E-state index in [1.165, 1.54) is 0 Å². The highest BCUT2D eigenvalue weighted by Gasteiger charge is 2.30. The molecule has 2 atom stereocenters. The maximum absolute atomic E-state index is 5.31. The molecule has 1 aliphatic rings. The minimum atomic E-state index is 0.0231. The zero-order valence-electron chi connectivity index (χ0n) is 5.51. The first kappa shape index (κ1) is 8.95. The molecule has 0 amide bonds. The van der Waals surface area contributed by atoms with Crippen molar-refractivity contribution in [3.63, 3.8) is 0 Å². The Hall–Kier alpha value is -0.0500. The molecule has 1 fully saturated rings. The molecule has 3 heteroatoms. The average Bonchev–Trinajstić information content (AvgIpc) is 2.47. The molecule has 2 unspecified atom stereocenters. The topological polar surface area (TPSA) is 38.5 Å². The minimum absolute atomic E-state index is 0.0231. The van der Waals surface area contributed by atoms with Crippen LogP contribution in [0.4, 0.5) is 0 Å². The van der Waals surface area contributed by atoms with Gasteiger partial charge in [-0.15, -0.1) is 6.58 Å². The van der Waals surface area contributed by atoms with Crippen LogP contribution in [0.2, 0.25) is 0 Å². The van der Waals surface area contributed by atoms with Crippen LogP contribution in [0.5, 0.6) is 0 Å². The Morgan fingerprint density at radius 2 is 2.11 bits per heavy atom. The molecule has 1 rings (SSSR count). The number of rotatable bonds is 1. The molecular formula is C6H12ClNO. The second-order valence-electron chi connectivity index (χ2n) is 1.72. The highest BCUT2D eigenvalue weighted by Crippen LogP contribution is 2.23. The minimum Gasteiger partial charge on any atom is -0.353 e. The number of hydrogen-bond acceptors (Lipinski definition) is 2. The molecule has 0 aliphatic carbocycles. The van der Waals surface area contributed by atoms with Crippen LogP contribution < -0.4 is 5.73 Å². The van der Waals surface area contributed by atoms with E-state index in [2.05, 4.69) is 11.3 Å². The average molecular weight is 150 g/mol. The maximum atomic E-state index is 5.31. The van der Waals surface area contributed by atoms with Crippen LogP contribution in [0.15, 0.2) is 12.7 Å².